The Morgan fingerprint density at radius 3 is 2.39 bits per heavy atom. The second-order valence-corrected chi connectivity index (χ2v) is 7.80. The summed E-state index contributed by atoms with van der Waals surface area (Å²) >= 11 is 0. The number of benzene rings is 2. The van der Waals surface area contributed by atoms with Crippen molar-refractivity contribution in [2.24, 2.45) is 0 Å². The largest absolute Gasteiger partial charge is 0.373 e. The summed E-state index contributed by atoms with van der Waals surface area (Å²) < 4.78 is 32.4. The van der Waals surface area contributed by atoms with E-state index in [1.54, 1.807) is 0 Å². The molecule has 1 aliphatic heterocycles. The highest BCUT2D eigenvalue weighted by Gasteiger charge is 2.22. The lowest BCUT2D eigenvalue weighted by atomic mass is 10.1. The Morgan fingerprint density at radius 1 is 1.03 bits per heavy atom. The number of carbonyl (C=O) groups is 2. The molecule has 3 rings (SSSR count). The smallest absolute Gasteiger partial charge is 0.254 e. The predicted molar refractivity (Wildman–Crippen MR) is 112 cm³/mol. The molecule has 2 amide bonds. The lowest BCUT2D eigenvalue weighted by Crippen LogP contribution is -2.45. The Labute approximate surface area is 180 Å². The number of nitrogens with one attached hydrogen (secondary N) is 2. The van der Waals surface area contributed by atoms with E-state index in [0.717, 1.165) is 42.9 Å². The quantitative estimate of drug-likeness (QED) is 0.707. The summed E-state index contributed by atoms with van der Waals surface area (Å²) in [6.45, 7) is 6.56. The molecular formula is C23H27F2N3O3. The van der Waals surface area contributed by atoms with Crippen LogP contribution >= 0.6 is 0 Å². The lowest BCUT2D eigenvalue weighted by Gasteiger charge is -2.35. The van der Waals surface area contributed by atoms with Gasteiger partial charge >= 0.3 is 0 Å². The summed E-state index contributed by atoms with van der Waals surface area (Å²) in [6.07, 6.45) is 0.343. The van der Waals surface area contributed by atoms with Crippen LogP contribution in [0.3, 0.4) is 0 Å². The number of rotatable bonds is 7. The summed E-state index contributed by atoms with van der Waals surface area (Å²) in [5.74, 6) is -2.92. The predicted octanol–water partition coefficient (Wildman–Crippen LogP) is 2.62. The van der Waals surface area contributed by atoms with Crippen molar-refractivity contribution >= 4 is 11.8 Å². The zero-order valence-electron chi connectivity index (χ0n) is 17.7. The van der Waals surface area contributed by atoms with Gasteiger partial charge in [0, 0.05) is 32.2 Å². The fourth-order valence-electron chi connectivity index (χ4n) is 3.72. The highest BCUT2D eigenvalue weighted by molar-refractivity contribution is 5.96. The van der Waals surface area contributed by atoms with Crippen LogP contribution in [0.25, 0.3) is 0 Å². The van der Waals surface area contributed by atoms with Crippen molar-refractivity contribution in [3.8, 4) is 0 Å². The van der Waals surface area contributed by atoms with Gasteiger partial charge in [-0.15, -0.1) is 0 Å². The first-order valence-electron chi connectivity index (χ1n) is 10.3. The first-order valence-corrected chi connectivity index (χ1v) is 10.3. The van der Waals surface area contributed by atoms with Crippen molar-refractivity contribution in [3.05, 3.63) is 70.8 Å². The van der Waals surface area contributed by atoms with Crippen LogP contribution in [0.1, 0.15) is 35.3 Å². The van der Waals surface area contributed by atoms with Crippen molar-refractivity contribution < 1.29 is 23.1 Å². The topological polar surface area (TPSA) is 70.7 Å². The van der Waals surface area contributed by atoms with Crippen LogP contribution in [0, 0.1) is 11.6 Å². The molecule has 2 aromatic carbocycles. The van der Waals surface area contributed by atoms with E-state index >= 15 is 0 Å². The molecule has 0 saturated carbocycles. The SMILES string of the molecule is CC1CN(Cc2ccccc2CNC(=O)CNC(=O)c2ccc(F)cc2F)CC(C)O1. The van der Waals surface area contributed by atoms with Crippen molar-refractivity contribution in [1.29, 1.82) is 0 Å². The van der Waals surface area contributed by atoms with E-state index in [-0.39, 0.29) is 24.3 Å². The summed E-state index contributed by atoms with van der Waals surface area (Å²) in [7, 11) is 0. The number of nitrogens with zero attached hydrogens (tertiary/aromatic N) is 1. The number of ether oxygens (including phenoxy) is 1. The second-order valence-electron chi connectivity index (χ2n) is 7.80. The maximum Gasteiger partial charge on any atom is 0.254 e. The van der Waals surface area contributed by atoms with Gasteiger partial charge < -0.3 is 15.4 Å². The summed E-state index contributed by atoms with van der Waals surface area (Å²) in [4.78, 5) is 26.5. The molecule has 31 heavy (non-hydrogen) atoms. The number of morpholine rings is 1. The molecule has 2 aromatic rings. The minimum atomic E-state index is -0.974. The molecule has 6 nitrogen and oxygen atoms in total. The van der Waals surface area contributed by atoms with E-state index in [2.05, 4.69) is 29.4 Å². The average molecular weight is 431 g/mol. The fourth-order valence-corrected chi connectivity index (χ4v) is 3.72. The number of halogens is 2. The van der Waals surface area contributed by atoms with E-state index < -0.39 is 23.4 Å². The molecule has 2 N–H and O–H groups in total. The Kier molecular flexibility index (Phi) is 7.70. The van der Waals surface area contributed by atoms with Gasteiger partial charge in [-0.05, 0) is 37.1 Å². The Bertz CT molecular complexity index is 928. The average Bonchev–Trinajstić information content (AvgIpc) is 2.70. The number of hydrogen-bond donors (Lipinski definition) is 2. The highest BCUT2D eigenvalue weighted by Crippen LogP contribution is 2.17. The third-order valence-electron chi connectivity index (χ3n) is 5.07. The summed E-state index contributed by atoms with van der Waals surface area (Å²) in [5.41, 5.74) is 1.79. The fraction of sp³-hybridized carbons (Fsp3) is 0.391. The molecule has 1 aliphatic rings. The second kappa shape index (κ2) is 10.5. The first kappa shape index (κ1) is 22.8. The summed E-state index contributed by atoms with van der Waals surface area (Å²) in [6, 6.07) is 10.5. The van der Waals surface area contributed by atoms with Gasteiger partial charge in [0.25, 0.3) is 5.91 Å². The van der Waals surface area contributed by atoms with Crippen LogP contribution in [0.2, 0.25) is 0 Å². The molecule has 1 saturated heterocycles. The summed E-state index contributed by atoms with van der Waals surface area (Å²) in [5, 5.41) is 5.12. The van der Waals surface area contributed by atoms with E-state index in [1.165, 1.54) is 0 Å². The zero-order valence-corrected chi connectivity index (χ0v) is 17.7. The van der Waals surface area contributed by atoms with Crippen LogP contribution in [-0.4, -0.2) is 48.6 Å². The maximum atomic E-state index is 13.7. The third kappa shape index (κ3) is 6.57. The highest BCUT2D eigenvalue weighted by atomic mass is 19.1. The van der Waals surface area contributed by atoms with Crippen molar-refractivity contribution in [2.75, 3.05) is 19.6 Å². The van der Waals surface area contributed by atoms with Gasteiger partial charge in [0.1, 0.15) is 11.6 Å². The Balaban J connectivity index is 1.51. The van der Waals surface area contributed by atoms with Crippen LogP contribution < -0.4 is 10.6 Å². The van der Waals surface area contributed by atoms with E-state index in [1.807, 2.05) is 24.3 Å². The molecule has 1 heterocycles. The van der Waals surface area contributed by atoms with Crippen LogP contribution in [-0.2, 0) is 22.6 Å². The Morgan fingerprint density at radius 2 is 1.71 bits per heavy atom. The van der Waals surface area contributed by atoms with Gasteiger partial charge in [-0.3, -0.25) is 14.5 Å². The van der Waals surface area contributed by atoms with E-state index in [9.17, 15) is 18.4 Å². The van der Waals surface area contributed by atoms with Gasteiger partial charge in [-0.1, -0.05) is 24.3 Å². The van der Waals surface area contributed by atoms with Crippen LogP contribution in [0.15, 0.2) is 42.5 Å². The molecule has 2 unspecified atom stereocenters. The molecule has 0 bridgehead atoms. The van der Waals surface area contributed by atoms with Gasteiger partial charge in [-0.25, -0.2) is 8.78 Å². The normalized spacial score (nSPS) is 19.1. The van der Waals surface area contributed by atoms with Gasteiger partial charge in [0.15, 0.2) is 0 Å². The minimum absolute atomic E-state index is 0.171. The molecule has 0 radical (unpaired) electrons. The third-order valence-corrected chi connectivity index (χ3v) is 5.07. The van der Waals surface area contributed by atoms with Crippen molar-refractivity contribution in [3.63, 3.8) is 0 Å². The van der Waals surface area contributed by atoms with Crippen molar-refractivity contribution in [1.82, 2.24) is 15.5 Å². The standard InChI is InChI=1S/C23H27F2N3O3/c1-15-12-28(13-16(2)31-15)14-18-6-4-3-5-17(18)10-26-22(29)11-27-23(30)20-8-7-19(24)9-21(20)25/h3-9,15-16H,10-14H2,1-2H3,(H,26,29)(H,27,30). The zero-order chi connectivity index (χ0) is 22.4. The minimum Gasteiger partial charge on any atom is -0.373 e. The molecule has 0 aromatic heterocycles. The molecule has 166 valence electrons. The van der Waals surface area contributed by atoms with E-state index in [0.29, 0.717) is 12.6 Å². The van der Waals surface area contributed by atoms with Crippen LogP contribution in [0.4, 0.5) is 8.78 Å². The molecule has 2 atom stereocenters. The molecule has 1 fully saturated rings. The molecule has 8 heteroatoms. The molecule has 0 spiro atoms. The van der Waals surface area contributed by atoms with Gasteiger partial charge in [-0.2, -0.15) is 0 Å². The molecular weight excluding hydrogens is 404 g/mol. The van der Waals surface area contributed by atoms with Crippen molar-refractivity contribution in [2.45, 2.75) is 39.1 Å². The van der Waals surface area contributed by atoms with Crippen LogP contribution in [0.5, 0.6) is 0 Å². The number of amides is 2. The first-order chi connectivity index (χ1) is 14.8. The number of hydrogen-bond acceptors (Lipinski definition) is 4. The molecule has 0 aliphatic carbocycles. The lowest BCUT2D eigenvalue weighted by molar-refractivity contribution is -0.120. The van der Waals surface area contributed by atoms with Gasteiger partial charge in [0.2, 0.25) is 5.91 Å². The monoisotopic (exact) mass is 431 g/mol. The van der Waals surface area contributed by atoms with Gasteiger partial charge in [0.05, 0.1) is 24.3 Å². The number of carbonyl (C=O) groups excluding carboxylic acids is 2. The maximum absolute atomic E-state index is 13.7. The Hall–Kier alpha value is -2.84. The van der Waals surface area contributed by atoms with E-state index in [4.69, 9.17) is 4.74 Å².